The van der Waals surface area contributed by atoms with E-state index in [0.717, 1.165) is 35.1 Å². The third kappa shape index (κ3) is 2.53. The van der Waals surface area contributed by atoms with E-state index in [-0.39, 0.29) is 11.7 Å². The molecule has 4 heteroatoms. The molecule has 0 radical (unpaired) electrons. The van der Waals surface area contributed by atoms with Crippen molar-refractivity contribution in [2.75, 3.05) is 11.4 Å². The Bertz CT molecular complexity index is 408. The van der Waals surface area contributed by atoms with Gasteiger partial charge in [-0.15, -0.1) is 0 Å². The summed E-state index contributed by atoms with van der Waals surface area (Å²) >= 11 is 2.08. The first-order valence-corrected chi connectivity index (χ1v) is 6.52. The van der Waals surface area contributed by atoms with E-state index in [1.807, 2.05) is 0 Å². The Morgan fingerprint density at radius 2 is 2.06 bits per heavy atom. The first kappa shape index (κ1) is 11.8. The van der Waals surface area contributed by atoms with Crippen LogP contribution in [0.4, 0.5) is 10.1 Å². The highest BCUT2D eigenvalue weighted by molar-refractivity contribution is 14.1. The minimum absolute atomic E-state index is 0.155. The Morgan fingerprint density at radius 1 is 1.25 bits per heavy atom. The number of amides is 1. The Balaban J connectivity index is 2.30. The molecule has 1 fully saturated rings. The van der Waals surface area contributed by atoms with Gasteiger partial charge in [-0.05, 0) is 53.6 Å². The predicted octanol–water partition coefficient (Wildman–Crippen LogP) is 3.34. The van der Waals surface area contributed by atoms with E-state index in [0.29, 0.717) is 6.42 Å². The topological polar surface area (TPSA) is 20.3 Å². The molecule has 1 amide bonds. The summed E-state index contributed by atoms with van der Waals surface area (Å²) in [6.07, 6.45) is 3.69. The fourth-order valence-electron chi connectivity index (χ4n) is 1.94. The summed E-state index contributed by atoms with van der Waals surface area (Å²) in [5, 5.41) is 0. The summed E-state index contributed by atoms with van der Waals surface area (Å²) < 4.78 is 13.8. The summed E-state index contributed by atoms with van der Waals surface area (Å²) in [5.74, 6) is -0.0996. The molecule has 86 valence electrons. The van der Waals surface area contributed by atoms with Gasteiger partial charge in [-0.1, -0.05) is 6.42 Å². The van der Waals surface area contributed by atoms with E-state index in [4.69, 9.17) is 0 Å². The molecule has 1 aliphatic rings. The van der Waals surface area contributed by atoms with Crippen molar-refractivity contribution in [2.24, 2.45) is 0 Å². The average Bonchev–Trinajstić information content (AvgIpc) is 2.44. The number of carbonyl (C=O) groups excluding carboxylic acids is 1. The van der Waals surface area contributed by atoms with Crippen LogP contribution in [0.1, 0.15) is 25.7 Å². The molecule has 1 saturated heterocycles. The molecule has 0 atom stereocenters. The van der Waals surface area contributed by atoms with E-state index in [1.54, 1.807) is 11.0 Å². The molecular weight excluding hydrogens is 320 g/mol. The number of nitrogens with zero attached hydrogens (tertiary/aromatic N) is 1. The SMILES string of the molecule is O=C1CCCCCN1c1ccc(F)cc1I. The minimum Gasteiger partial charge on any atom is -0.311 e. The van der Waals surface area contributed by atoms with Crippen molar-refractivity contribution in [2.45, 2.75) is 25.7 Å². The minimum atomic E-state index is -0.254. The summed E-state index contributed by atoms with van der Waals surface area (Å²) in [5.41, 5.74) is 0.842. The normalized spacial score (nSPS) is 17.4. The lowest BCUT2D eigenvalue weighted by molar-refractivity contribution is -0.118. The zero-order valence-corrected chi connectivity index (χ0v) is 11.0. The Kier molecular flexibility index (Phi) is 3.78. The second kappa shape index (κ2) is 5.12. The molecule has 1 aromatic rings. The summed E-state index contributed by atoms with van der Waals surface area (Å²) in [6, 6.07) is 4.57. The van der Waals surface area contributed by atoms with Crippen LogP contribution in [-0.2, 0) is 4.79 Å². The van der Waals surface area contributed by atoms with Crippen molar-refractivity contribution < 1.29 is 9.18 Å². The lowest BCUT2D eigenvalue weighted by atomic mass is 10.2. The van der Waals surface area contributed by atoms with Crippen LogP contribution < -0.4 is 4.90 Å². The van der Waals surface area contributed by atoms with Crippen LogP contribution in [0.25, 0.3) is 0 Å². The molecule has 0 N–H and O–H groups in total. The number of anilines is 1. The van der Waals surface area contributed by atoms with Gasteiger partial charge in [0.25, 0.3) is 0 Å². The standard InChI is InChI=1S/C12H13FINO/c13-9-5-6-11(10(14)8-9)15-7-3-1-2-4-12(15)16/h5-6,8H,1-4,7H2. The lowest BCUT2D eigenvalue weighted by Gasteiger charge is -2.21. The number of carbonyl (C=O) groups is 1. The largest absolute Gasteiger partial charge is 0.311 e. The summed E-state index contributed by atoms with van der Waals surface area (Å²) in [7, 11) is 0. The zero-order valence-electron chi connectivity index (χ0n) is 8.88. The number of benzene rings is 1. The Morgan fingerprint density at radius 3 is 2.81 bits per heavy atom. The van der Waals surface area contributed by atoms with Gasteiger partial charge in [0.15, 0.2) is 0 Å². The fraction of sp³-hybridized carbons (Fsp3) is 0.417. The molecule has 0 saturated carbocycles. The van der Waals surface area contributed by atoms with Crippen LogP contribution in [0.15, 0.2) is 18.2 Å². The molecule has 1 aliphatic heterocycles. The molecular formula is C12H13FINO. The molecule has 0 aliphatic carbocycles. The number of halogens is 2. The van der Waals surface area contributed by atoms with Crippen LogP contribution in [0.2, 0.25) is 0 Å². The van der Waals surface area contributed by atoms with E-state index in [9.17, 15) is 9.18 Å². The monoisotopic (exact) mass is 333 g/mol. The van der Waals surface area contributed by atoms with E-state index >= 15 is 0 Å². The van der Waals surface area contributed by atoms with Crippen molar-refractivity contribution in [3.8, 4) is 0 Å². The molecule has 0 aromatic heterocycles. The highest BCUT2D eigenvalue weighted by atomic mass is 127. The van der Waals surface area contributed by atoms with E-state index < -0.39 is 0 Å². The molecule has 0 spiro atoms. The number of hydrogen-bond acceptors (Lipinski definition) is 1. The molecule has 16 heavy (non-hydrogen) atoms. The highest BCUT2D eigenvalue weighted by Crippen LogP contribution is 2.26. The fourth-order valence-corrected chi connectivity index (χ4v) is 2.71. The third-order valence-electron chi connectivity index (χ3n) is 2.77. The molecule has 2 nitrogen and oxygen atoms in total. The van der Waals surface area contributed by atoms with Gasteiger partial charge in [-0.3, -0.25) is 4.79 Å². The van der Waals surface area contributed by atoms with Crippen LogP contribution in [-0.4, -0.2) is 12.5 Å². The van der Waals surface area contributed by atoms with Crippen LogP contribution in [0.5, 0.6) is 0 Å². The number of rotatable bonds is 1. The second-order valence-corrected chi connectivity index (χ2v) is 5.11. The molecule has 2 rings (SSSR count). The average molecular weight is 333 g/mol. The first-order chi connectivity index (χ1) is 7.68. The molecule has 1 heterocycles. The van der Waals surface area contributed by atoms with Gasteiger partial charge >= 0.3 is 0 Å². The molecule has 0 unspecified atom stereocenters. The van der Waals surface area contributed by atoms with Crippen molar-refractivity contribution in [1.29, 1.82) is 0 Å². The van der Waals surface area contributed by atoms with Crippen molar-refractivity contribution in [3.05, 3.63) is 27.6 Å². The maximum absolute atomic E-state index is 13.0. The van der Waals surface area contributed by atoms with Gasteiger partial charge in [0.2, 0.25) is 5.91 Å². The Labute approximate surface area is 108 Å². The maximum atomic E-state index is 13.0. The van der Waals surface area contributed by atoms with Gasteiger partial charge in [-0.2, -0.15) is 0 Å². The van der Waals surface area contributed by atoms with Crippen molar-refractivity contribution in [1.82, 2.24) is 0 Å². The quantitative estimate of drug-likeness (QED) is 0.722. The summed E-state index contributed by atoms with van der Waals surface area (Å²) in [4.78, 5) is 13.7. The summed E-state index contributed by atoms with van der Waals surface area (Å²) in [6.45, 7) is 0.750. The van der Waals surface area contributed by atoms with Gasteiger partial charge in [0.1, 0.15) is 5.82 Å². The predicted molar refractivity (Wildman–Crippen MR) is 69.9 cm³/mol. The second-order valence-electron chi connectivity index (χ2n) is 3.95. The number of hydrogen-bond donors (Lipinski definition) is 0. The first-order valence-electron chi connectivity index (χ1n) is 5.44. The van der Waals surface area contributed by atoms with Gasteiger partial charge in [0, 0.05) is 16.5 Å². The lowest BCUT2D eigenvalue weighted by Crippen LogP contribution is -2.30. The zero-order chi connectivity index (χ0) is 11.5. The highest BCUT2D eigenvalue weighted by Gasteiger charge is 2.20. The molecule has 0 bridgehead atoms. The Hall–Kier alpha value is -0.650. The van der Waals surface area contributed by atoms with Crippen molar-refractivity contribution >= 4 is 34.2 Å². The smallest absolute Gasteiger partial charge is 0.227 e. The van der Waals surface area contributed by atoms with E-state index in [2.05, 4.69) is 22.6 Å². The van der Waals surface area contributed by atoms with Gasteiger partial charge in [0.05, 0.1) is 5.69 Å². The van der Waals surface area contributed by atoms with Crippen molar-refractivity contribution in [3.63, 3.8) is 0 Å². The van der Waals surface area contributed by atoms with Crippen LogP contribution >= 0.6 is 22.6 Å². The van der Waals surface area contributed by atoms with Crippen LogP contribution in [0.3, 0.4) is 0 Å². The van der Waals surface area contributed by atoms with Crippen LogP contribution in [0, 0.1) is 9.39 Å². The molecule has 1 aromatic carbocycles. The third-order valence-corrected chi connectivity index (χ3v) is 3.64. The van der Waals surface area contributed by atoms with Gasteiger partial charge < -0.3 is 4.90 Å². The van der Waals surface area contributed by atoms with E-state index in [1.165, 1.54) is 12.1 Å². The maximum Gasteiger partial charge on any atom is 0.227 e. The van der Waals surface area contributed by atoms with Gasteiger partial charge in [-0.25, -0.2) is 4.39 Å².